The molecule has 35 heavy (non-hydrogen) atoms. The van der Waals surface area contributed by atoms with E-state index in [-0.39, 0.29) is 24.8 Å². The van der Waals surface area contributed by atoms with E-state index in [1.807, 2.05) is 71.0 Å². The lowest BCUT2D eigenvalue weighted by Crippen LogP contribution is -2.49. The van der Waals surface area contributed by atoms with Crippen molar-refractivity contribution in [3.8, 4) is 11.5 Å². The second kappa shape index (κ2) is 14.6. The molecular weight excluding hydrogens is 464 g/mol. The normalized spacial score (nSPS) is 11.7. The monoisotopic (exact) mass is 502 g/mol. The first-order valence-electron chi connectivity index (χ1n) is 12.5. The van der Waals surface area contributed by atoms with Gasteiger partial charge in [0.1, 0.15) is 6.04 Å². The van der Waals surface area contributed by atoms with Gasteiger partial charge in [0, 0.05) is 24.5 Å². The fraction of sp³-hybridized carbons (Fsp3) is 0.500. The van der Waals surface area contributed by atoms with Crippen LogP contribution in [0.15, 0.2) is 42.5 Å². The summed E-state index contributed by atoms with van der Waals surface area (Å²) in [7, 11) is 0. The highest BCUT2D eigenvalue weighted by molar-refractivity contribution is 6.31. The maximum Gasteiger partial charge on any atom is 0.242 e. The number of amides is 2. The van der Waals surface area contributed by atoms with Gasteiger partial charge in [-0.1, -0.05) is 56.6 Å². The number of rotatable bonds is 14. The lowest BCUT2D eigenvalue weighted by atomic mass is 10.1. The van der Waals surface area contributed by atoms with E-state index in [2.05, 4.69) is 5.32 Å². The maximum atomic E-state index is 13.5. The van der Waals surface area contributed by atoms with Crippen LogP contribution < -0.4 is 14.8 Å². The molecule has 0 bridgehead atoms. The summed E-state index contributed by atoms with van der Waals surface area (Å²) < 4.78 is 11.4. The molecule has 0 radical (unpaired) electrons. The summed E-state index contributed by atoms with van der Waals surface area (Å²) >= 11 is 6.40. The Morgan fingerprint density at radius 3 is 2.31 bits per heavy atom. The summed E-state index contributed by atoms with van der Waals surface area (Å²) in [6.07, 6.45) is 1.30. The van der Waals surface area contributed by atoms with Gasteiger partial charge in [-0.2, -0.15) is 0 Å². The molecule has 0 aliphatic rings. The highest BCUT2D eigenvalue weighted by Crippen LogP contribution is 2.29. The molecule has 0 aliphatic carbocycles. The zero-order valence-corrected chi connectivity index (χ0v) is 22.4. The third-order valence-corrected chi connectivity index (χ3v) is 5.97. The van der Waals surface area contributed by atoms with Gasteiger partial charge in [0.15, 0.2) is 11.5 Å². The molecule has 6 nitrogen and oxygen atoms in total. The molecule has 2 amide bonds. The molecule has 0 fully saturated rings. The molecule has 0 aromatic heterocycles. The average molecular weight is 503 g/mol. The van der Waals surface area contributed by atoms with Crippen LogP contribution in [0.4, 0.5) is 0 Å². The van der Waals surface area contributed by atoms with Crippen LogP contribution in [-0.2, 0) is 22.6 Å². The number of nitrogens with one attached hydrogen (secondary N) is 1. The Morgan fingerprint density at radius 1 is 1.00 bits per heavy atom. The number of hydrogen-bond acceptors (Lipinski definition) is 4. The number of nitrogens with zero attached hydrogens (tertiary/aromatic N) is 1. The van der Waals surface area contributed by atoms with Crippen molar-refractivity contribution in [1.29, 1.82) is 0 Å². The lowest BCUT2D eigenvalue weighted by Gasteiger charge is -2.31. The number of carbonyl (C=O) groups is 2. The van der Waals surface area contributed by atoms with Crippen LogP contribution in [0, 0.1) is 5.92 Å². The zero-order chi connectivity index (χ0) is 25.8. The Balaban J connectivity index is 2.23. The van der Waals surface area contributed by atoms with E-state index >= 15 is 0 Å². The van der Waals surface area contributed by atoms with E-state index in [0.29, 0.717) is 55.0 Å². The zero-order valence-electron chi connectivity index (χ0n) is 21.6. The van der Waals surface area contributed by atoms with Crippen LogP contribution in [-0.4, -0.2) is 42.5 Å². The Hall–Kier alpha value is -2.73. The van der Waals surface area contributed by atoms with E-state index < -0.39 is 6.04 Å². The summed E-state index contributed by atoms with van der Waals surface area (Å²) in [5.74, 6) is 1.46. The van der Waals surface area contributed by atoms with Gasteiger partial charge in [0.2, 0.25) is 11.8 Å². The van der Waals surface area contributed by atoms with Crippen molar-refractivity contribution in [1.82, 2.24) is 10.2 Å². The lowest BCUT2D eigenvalue weighted by molar-refractivity contribution is -0.141. The standard InChI is InChI=1S/C28H39ClN2O4/c1-6-24(28(33)30-18-20(4)5)31(19-22-11-9-10-12-23(22)29)27(32)16-14-21-13-15-25(34-7-2)26(17-21)35-8-3/h9-13,15,17,20,24H,6-8,14,16,18-19H2,1-5H3,(H,30,33). The highest BCUT2D eigenvalue weighted by atomic mass is 35.5. The number of benzene rings is 2. The minimum atomic E-state index is -0.572. The van der Waals surface area contributed by atoms with Gasteiger partial charge in [-0.25, -0.2) is 0 Å². The average Bonchev–Trinajstić information content (AvgIpc) is 2.84. The first-order valence-corrected chi connectivity index (χ1v) is 12.9. The topological polar surface area (TPSA) is 67.9 Å². The van der Waals surface area contributed by atoms with Crippen molar-refractivity contribution in [3.05, 3.63) is 58.6 Å². The molecule has 1 unspecified atom stereocenters. The van der Waals surface area contributed by atoms with Gasteiger partial charge in [-0.3, -0.25) is 9.59 Å². The van der Waals surface area contributed by atoms with Gasteiger partial charge in [-0.05, 0) is 61.9 Å². The molecule has 1 N–H and O–H groups in total. The van der Waals surface area contributed by atoms with E-state index in [4.69, 9.17) is 21.1 Å². The molecule has 2 aromatic carbocycles. The van der Waals surface area contributed by atoms with E-state index in [9.17, 15) is 9.59 Å². The number of ether oxygens (including phenoxy) is 2. The molecule has 0 aliphatic heterocycles. The summed E-state index contributed by atoms with van der Waals surface area (Å²) in [5.41, 5.74) is 1.79. The quantitative estimate of drug-likeness (QED) is 0.362. The van der Waals surface area contributed by atoms with Crippen molar-refractivity contribution in [2.75, 3.05) is 19.8 Å². The van der Waals surface area contributed by atoms with Crippen LogP contribution in [0.3, 0.4) is 0 Å². The van der Waals surface area contributed by atoms with Gasteiger partial charge < -0.3 is 19.7 Å². The van der Waals surface area contributed by atoms with Crippen molar-refractivity contribution >= 4 is 23.4 Å². The third-order valence-electron chi connectivity index (χ3n) is 5.60. The summed E-state index contributed by atoms with van der Waals surface area (Å²) in [5, 5.41) is 3.57. The molecule has 0 saturated heterocycles. The Bertz CT molecular complexity index is 964. The first kappa shape index (κ1) is 28.5. The highest BCUT2D eigenvalue weighted by Gasteiger charge is 2.29. The second-order valence-electron chi connectivity index (χ2n) is 8.82. The SMILES string of the molecule is CCOc1ccc(CCC(=O)N(Cc2ccccc2Cl)C(CC)C(=O)NCC(C)C)cc1OCC. The fourth-order valence-electron chi connectivity index (χ4n) is 3.80. The number of carbonyl (C=O) groups excluding carboxylic acids is 2. The predicted molar refractivity (Wildman–Crippen MR) is 141 cm³/mol. The molecular formula is C28H39ClN2O4. The van der Waals surface area contributed by atoms with Gasteiger partial charge >= 0.3 is 0 Å². The second-order valence-corrected chi connectivity index (χ2v) is 9.23. The predicted octanol–water partition coefficient (Wildman–Crippen LogP) is 5.65. The number of aryl methyl sites for hydroxylation is 1. The van der Waals surface area contributed by atoms with Gasteiger partial charge in [-0.15, -0.1) is 0 Å². The summed E-state index contributed by atoms with van der Waals surface area (Å²) in [4.78, 5) is 28.2. The van der Waals surface area contributed by atoms with Crippen molar-refractivity contribution in [3.63, 3.8) is 0 Å². The minimum absolute atomic E-state index is 0.0942. The molecule has 7 heteroatoms. The van der Waals surface area contributed by atoms with Gasteiger partial charge in [0.05, 0.1) is 13.2 Å². The van der Waals surface area contributed by atoms with Crippen LogP contribution >= 0.6 is 11.6 Å². The third kappa shape index (κ3) is 8.77. The van der Waals surface area contributed by atoms with Crippen LogP contribution in [0.5, 0.6) is 11.5 Å². The van der Waals surface area contributed by atoms with E-state index in [0.717, 1.165) is 11.1 Å². The minimum Gasteiger partial charge on any atom is -0.490 e. The summed E-state index contributed by atoms with van der Waals surface area (Å²) in [6.45, 7) is 11.8. The van der Waals surface area contributed by atoms with Gasteiger partial charge in [0.25, 0.3) is 0 Å². The molecule has 192 valence electrons. The Kier molecular flexibility index (Phi) is 11.9. The number of halogens is 1. The van der Waals surface area contributed by atoms with Crippen LogP contribution in [0.2, 0.25) is 5.02 Å². The van der Waals surface area contributed by atoms with E-state index in [1.165, 1.54) is 0 Å². The van der Waals surface area contributed by atoms with E-state index in [1.54, 1.807) is 11.0 Å². The Labute approximate surface area is 214 Å². The molecule has 2 aromatic rings. The maximum absolute atomic E-state index is 13.5. The first-order chi connectivity index (χ1) is 16.8. The van der Waals surface area contributed by atoms with Crippen LogP contribution in [0.25, 0.3) is 0 Å². The Morgan fingerprint density at radius 2 is 1.69 bits per heavy atom. The molecule has 0 heterocycles. The molecule has 1 atom stereocenters. The van der Waals surface area contributed by atoms with Crippen molar-refractivity contribution < 1.29 is 19.1 Å². The largest absolute Gasteiger partial charge is 0.490 e. The molecule has 0 spiro atoms. The molecule has 0 saturated carbocycles. The van der Waals surface area contributed by atoms with Crippen LogP contribution in [0.1, 0.15) is 58.6 Å². The van der Waals surface area contributed by atoms with Crippen molar-refractivity contribution in [2.45, 2.75) is 66.5 Å². The van der Waals surface area contributed by atoms with Crippen molar-refractivity contribution in [2.24, 2.45) is 5.92 Å². The summed E-state index contributed by atoms with van der Waals surface area (Å²) in [6, 6.07) is 12.6. The fourth-order valence-corrected chi connectivity index (χ4v) is 3.99. The molecule has 2 rings (SSSR count). The number of hydrogen-bond donors (Lipinski definition) is 1. The smallest absolute Gasteiger partial charge is 0.242 e.